The molecule has 16 heteroatoms. The highest BCUT2D eigenvalue weighted by Gasteiger charge is 2.35. The molecule has 12 nitrogen and oxygen atoms in total. The van der Waals surface area contributed by atoms with Crippen molar-refractivity contribution in [2.24, 2.45) is 22.9 Å². The van der Waals surface area contributed by atoms with Gasteiger partial charge in [0.2, 0.25) is 0 Å². The van der Waals surface area contributed by atoms with Crippen LogP contribution in [0.2, 0.25) is 0 Å². The quantitative estimate of drug-likeness (QED) is 0.0698. The molecule has 0 aromatic heterocycles. The van der Waals surface area contributed by atoms with Gasteiger partial charge in [0.15, 0.2) is 0 Å². The Balaban J connectivity index is 4.33. The fourth-order valence-electron chi connectivity index (χ4n) is 2.40. The van der Waals surface area contributed by atoms with Crippen LogP contribution in [0.3, 0.4) is 0 Å². The molecule has 0 fully saturated rings. The number of hydrogen-bond acceptors (Lipinski definition) is 12. The molecule has 0 aromatic rings. The van der Waals surface area contributed by atoms with Crippen molar-refractivity contribution >= 4 is 67.1 Å². The molecule has 0 amide bonds. The van der Waals surface area contributed by atoms with Gasteiger partial charge in [0.05, 0.1) is 0 Å². The second-order valence-electron chi connectivity index (χ2n) is 7.82. The van der Waals surface area contributed by atoms with Crippen molar-refractivity contribution in [1.29, 1.82) is 0 Å². The van der Waals surface area contributed by atoms with Crippen LogP contribution in [0.5, 0.6) is 0 Å². The topological polar surface area (TPSA) is 253 Å². The zero-order valence-electron chi connectivity index (χ0n) is 18.6. The monoisotopic (exact) mass is 562 g/mol. The molecule has 0 bridgehead atoms. The number of rotatable bonds is 21. The molecule has 0 saturated heterocycles. The fourth-order valence-corrected chi connectivity index (χ4v) is 7.51. The van der Waals surface area contributed by atoms with Crippen molar-refractivity contribution in [2.45, 2.75) is 61.7 Å². The Bertz CT molecular complexity index is 636. The maximum atomic E-state index is 11.6. The molecule has 12 N–H and O–H groups in total. The predicted octanol–water partition coefficient (Wildman–Crippen LogP) is 0.478. The Morgan fingerprint density at radius 3 is 1.21 bits per heavy atom. The van der Waals surface area contributed by atoms with Crippen molar-refractivity contribution in [3.8, 4) is 0 Å². The summed E-state index contributed by atoms with van der Waals surface area (Å²) in [6.07, 6.45) is 2.74. The third kappa shape index (κ3) is 13.3. The summed E-state index contributed by atoms with van der Waals surface area (Å²) in [5.41, 5.74) is 19.9. The van der Waals surface area contributed by atoms with E-state index in [1.54, 1.807) is 0 Å². The van der Waals surface area contributed by atoms with Gasteiger partial charge in [-0.2, -0.15) is 0 Å². The molecule has 4 atom stereocenters. The van der Waals surface area contributed by atoms with Crippen molar-refractivity contribution in [3.63, 3.8) is 0 Å². The highest BCUT2D eigenvalue weighted by Crippen LogP contribution is 2.30. The smallest absolute Gasteiger partial charge is 0.324 e. The van der Waals surface area contributed by atoms with E-state index < -0.39 is 47.0 Å². The van der Waals surface area contributed by atoms with Gasteiger partial charge in [0, 0.05) is 23.0 Å². The van der Waals surface area contributed by atoms with Crippen LogP contribution in [0, 0.1) is 0 Å². The Morgan fingerprint density at radius 2 is 0.941 bits per heavy atom. The SMILES string of the molecule is NC(CSSCC(N)(CCCCCCC(N)(CSSCC(N)C(=O)O)C(=O)O)C(=O)O)C(=O)O. The molecule has 0 heterocycles. The number of carbonyl (C=O) groups is 4. The molecule has 4 unspecified atom stereocenters. The molecule has 34 heavy (non-hydrogen) atoms. The lowest BCUT2D eigenvalue weighted by molar-refractivity contribution is -0.143. The van der Waals surface area contributed by atoms with Crippen molar-refractivity contribution in [2.75, 3.05) is 23.0 Å². The van der Waals surface area contributed by atoms with Gasteiger partial charge in [0.1, 0.15) is 23.2 Å². The van der Waals surface area contributed by atoms with E-state index >= 15 is 0 Å². The van der Waals surface area contributed by atoms with Crippen molar-refractivity contribution < 1.29 is 39.6 Å². The zero-order chi connectivity index (χ0) is 26.4. The number of carboxylic acid groups (broad SMARTS) is 4. The molecule has 0 radical (unpaired) electrons. The maximum Gasteiger partial charge on any atom is 0.324 e. The first-order chi connectivity index (χ1) is 15.7. The maximum absolute atomic E-state index is 11.6. The second kappa shape index (κ2) is 16.7. The van der Waals surface area contributed by atoms with Crippen LogP contribution >= 0.6 is 43.2 Å². The summed E-state index contributed by atoms with van der Waals surface area (Å²) in [7, 11) is 4.64. The highest BCUT2D eigenvalue weighted by molar-refractivity contribution is 8.77. The lowest BCUT2D eigenvalue weighted by atomic mass is 9.92. The minimum absolute atomic E-state index is 0.0880. The van der Waals surface area contributed by atoms with E-state index in [0.717, 1.165) is 43.2 Å². The number of unbranched alkanes of at least 4 members (excludes halogenated alkanes) is 3. The van der Waals surface area contributed by atoms with Gasteiger partial charge in [-0.25, -0.2) is 0 Å². The molecule has 0 aliphatic carbocycles. The summed E-state index contributed by atoms with van der Waals surface area (Å²) in [5.74, 6) is -4.12. The largest absolute Gasteiger partial charge is 0.480 e. The molecular weight excluding hydrogens is 528 g/mol. The fraction of sp³-hybridized carbons (Fsp3) is 0.778. The number of hydrogen-bond donors (Lipinski definition) is 8. The van der Waals surface area contributed by atoms with E-state index in [1.807, 2.05) is 0 Å². The average molecular weight is 563 g/mol. The van der Waals surface area contributed by atoms with E-state index in [4.69, 9.17) is 33.1 Å². The summed E-state index contributed by atoms with van der Waals surface area (Å²) in [5, 5.41) is 36.5. The predicted molar refractivity (Wildman–Crippen MR) is 138 cm³/mol. The molecule has 0 spiro atoms. The summed E-state index contributed by atoms with van der Waals surface area (Å²) in [6.45, 7) is 0. The molecule has 0 aromatic carbocycles. The van der Waals surface area contributed by atoms with Gasteiger partial charge >= 0.3 is 23.9 Å². The van der Waals surface area contributed by atoms with E-state index in [-0.39, 0.29) is 35.9 Å². The third-order valence-electron chi connectivity index (χ3n) is 4.78. The molecule has 0 saturated carbocycles. The van der Waals surface area contributed by atoms with E-state index in [1.165, 1.54) is 0 Å². The normalized spacial score (nSPS) is 16.7. The van der Waals surface area contributed by atoms with Crippen LogP contribution < -0.4 is 22.9 Å². The van der Waals surface area contributed by atoms with Crippen molar-refractivity contribution in [1.82, 2.24) is 0 Å². The first-order valence-corrected chi connectivity index (χ1v) is 15.2. The van der Waals surface area contributed by atoms with Gasteiger partial charge in [-0.3, -0.25) is 19.2 Å². The minimum Gasteiger partial charge on any atom is -0.480 e. The average Bonchev–Trinajstić information content (AvgIpc) is 2.75. The summed E-state index contributed by atoms with van der Waals surface area (Å²) in [6, 6.07) is -2.07. The van der Waals surface area contributed by atoms with E-state index in [0.29, 0.717) is 25.7 Å². The summed E-state index contributed by atoms with van der Waals surface area (Å²) >= 11 is 0. The van der Waals surface area contributed by atoms with E-state index in [2.05, 4.69) is 0 Å². The van der Waals surface area contributed by atoms with E-state index in [9.17, 15) is 29.4 Å². The molecular formula is C18H34N4O8S4. The third-order valence-corrected chi connectivity index (χ3v) is 9.89. The lowest BCUT2D eigenvalue weighted by Crippen LogP contribution is -2.50. The Kier molecular flexibility index (Phi) is 16.3. The number of carboxylic acids is 4. The number of aliphatic carboxylic acids is 4. The van der Waals surface area contributed by atoms with Crippen LogP contribution in [0.4, 0.5) is 0 Å². The van der Waals surface area contributed by atoms with Gasteiger partial charge < -0.3 is 43.4 Å². The molecule has 0 aliphatic rings. The van der Waals surface area contributed by atoms with Crippen LogP contribution in [0.1, 0.15) is 38.5 Å². The Hall–Kier alpha value is -0.880. The second-order valence-corrected chi connectivity index (χ2v) is 12.8. The van der Waals surface area contributed by atoms with Crippen LogP contribution in [-0.2, 0) is 19.2 Å². The first-order valence-electron chi connectivity index (χ1n) is 10.3. The van der Waals surface area contributed by atoms with Crippen LogP contribution in [-0.4, -0.2) is 90.5 Å². The minimum atomic E-state index is -1.46. The van der Waals surface area contributed by atoms with Crippen LogP contribution in [0.15, 0.2) is 0 Å². The standard InChI is InChI=1S/C18H34N4O8S4/c19-11(13(23)24)7-31-33-9-17(21,15(27)28)5-3-1-2-4-6-18(22,16(29)30)10-34-32-8-12(20)14(25)26/h11-12H,1-10,19-22H2,(H,23,24)(H,25,26)(H,27,28)(H,29,30). The number of nitrogens with two attached hydrogens (primary N) is 4. The Morgan fingerprint density at radius 1 is 0.618 bits per heavy atom. The van der Waals surface area contributed by atoms with Crippen LogP contribution in [0.25, 0.3) is 0 Å². The Labute approximate surface area is 213 Å². The van der Waals surface area contributed by atoms with Gasteiger partial charge in [0.25, 0.3) is 0 Å². The summed E-state index contributed by atoms with van der Waals surface area (Å²) in [4.78, 5) is 44.6. The summed E-state index contributed by atoms with van der Waals surface area (Å²) < 4.78 is 0. The molecule has 0 aliphatic heterocycles. The van der Waals surface area contributed by atoms with Gasteiger partial charge in [-0.15, -0.1) is 0 Å². The van der Waals surface area contributed by atoms with Gasteiger partial charge in [-0.05, 0) is 12.8 Å². The molecule has 198 valence electrons. The molecule has 0 rings (SSSR count). The zero-order valence-corrected chi connectivity index (χ0v) is 21.9. The first kappa shape index (κ1) is 33.1. The lowest BCUT2D eigenvalue weighted by Gasteiger charge is -2.25. The highest BCUT2D eigenvalue weighted by atomic mass is 33.1. The van der Waals surface area contributed by atoms with Gasteiger partial charge in [-0.1, -0.05) is 68.9 Å². The van der Waals surface area contributed by atoms with Crippen molar-refractivity contribution in [3.05, 3.63) is 0 Å².